The molecule has 3 rings (SSSR count). The number of anilines is 1. The van der Waals surface area contributed by atoms with Gasteiger partial charge < -0.3 is 9.64 Å². The second-order valence-corrected chi connectivity index (χ2v) is 6.46. The minimum atomic E-state index is -0.194. The number of nitrogens with one attached hydrogen (secondary N) is 1. The first kappa shape index (κ1) is 18.1. The smallest absolute Gasteiger partial charge is 0.261 e. The number of benzene rings is 1. The normalized spacial score (nSPS) is 15.2. The van der Waals surface area contributed by atoms with Crippen molar-refractivity contribution in [2.24, 2.45) is 5.10 Å². The van der Waals surface area contributed by atoms with E-state index in [1.165, 1.54) is 5.69 Å². The van der Waals surface area contributed by atoms with Crippen LogP contribution in [0, 0.1) is 13.8 Å². The Hall–Kier alpha value is -2.67. The summed E-state index contributed by atoms with van der Waals surface area (Å²) >= 11 is 0. The van der Waals surface area contributed by atoms with E-state index in [1.54, 1.807) is 4.68 Å². The van der Waals surface area contributed by atoms with E-state index in [9.17, 15) is 4.79 Å². The lowest BCUT2D eigenvalue weighted by Gasteiger charge is -2.28. The van der Waals surface area contributed by atoms with E-state index in [2.05, 4.69) is 32.7 Å². The van der Waals surface area contributed by atoms with Crippen LogP contribution in [0.4, 0.5) is 5.69 Å². The molecule has 1 aliphatic heterocycles. The van der Waals surface area contributed by atoms with Gasteiger partial charge in [0.05, 0.1) is 24.6 Å². The summed E-state index contributed by atoms with van der Waals surface area (Å²) in [5.74, 6) is -0.194. The molecule has 2 heterocycles. The van der Waals surface area contributed by atoms with Gasteiger partial charge in [0.1, 0.15) is 6.54 Å². The molecule has 0 spiro atoms. The van der Waals surface area contributed by atoms with Crippen molar-refractivity contribution in [2.45, 2.75) is 27.3 Å². The second kappa shape index (κ2) is 8.14. The number of hydrogen-bond acceptors (Lipinski definition) is 5. The van der Waals surface area contributed by atoms with Crippen molar-refractivity contribution < 1.29 is 9.53 Å². The molecule has 0 unspecified atom stereocenters. The third kappa shape index (κ3) is 4.49. The summed E-state index contributed by atoms with van der Waals surface area (Å²) < 4.78 is 7.05. The third-order valence-electron chi connectivity index (χ3n) is 4.41. The number of hydrogen-bond donors (Lipinski definition) is 1. The predicted molar refractivity (Wildman–Crippen MR) is 102 cm³/mol. The monoisotopic (exact) mass is 355 g/mol. The van der Waals surface area contributed by atoms with Crippen LogP contribution < -0.4 is 10.3 Å². The zero-order valence-corrected chi connectivity index (χ0v) is 15.5. The van der Waals surface area contributed by atoms with Gasteiger partial charge in [0.15, 0.2) is 0 Å². The van der Waals surface area contributed by atoms with E-state index in [1.807, 2.05) is 39.0 Å². The minimum absolute atomic E-state index is 0.159. The Morgan fingerprint density at radius 1 is 1.23 bits per heavy atom. The summed E-state index contributed by atoms with van der Waals surface area (Å²) in [4.78, 5) is 14.4. The van der Waals surface area contributed by atoms with E-state index >= 15 is 0 Å². The highest BCUT2D eigenvalue weighted by atomic mass is 16.5. The van der Waals surface area contributed by atoms with Crippen LogP contribution in [-0.2, 0) is 16.1 Å². The molecular weight excluding hydrogens is 330 g/mol. The van der Waals surface area contributed by atoms with Gasteiger partial charge in [-0.05, 0) is 44.5 Å². The Kier molecular flexibility index (Phi) is 5.68. The number of ether oxygens (including phenoxy) is 1. The van der Waals surface area contributed by atoms with Crippen LogP contribution in [0.15, 0.2) is 35.4 Å². The van der Waals surface area contributed by atoms with Crippen molar-refractivity contribution in [1.29, 1.82) is 0 Å². The van der Waals surface area contributed by atoms with Gasteiger partial charge in [0.25, 0.3) is 5.91 Å². The van der Waals surface area contributed by atoms with Crippen molar-refractivity contribution in [3.05, 3.63) is 47.3 Å². The zero-order valence-electron chi connectivity index (χ0n) is 15.5. The highest BCUT2D eigenvalue weighted by Gasteiger charge is 2.11. The van der Waals surface area contributed by atoms with Crippen LogP contribution in [0.3, 0.4) is 0 Å². The number of nitrogens with zero attached hydrogens (tertiary/aromatic N) is 4. The number of amides is 1. The number of hydrazone groups is 1. The highest BCUT2D eigenvalue weighted by Crippen LogP contribution is 2.17. The lowest BCUT2D eigenvalue weighted by Crippen LogP contribution is -2.36. The molecule has 7 heteroatoms. The van der Waals surface area contributed by atoms with Crippen molar-refractivity contribution in [3.8, 4) is 0 Å². The first-order valence-electron chi connectivity index (χ1n) is 8.80. The molecule has 1 N–H and O–H groups in total. The summed E-state index contributed by atoms with van der Waals surface area (Å²) in [6, 6.07) is 10.2. The Bertz CT molecular complexity index is 789. The van der Waals surface area contributed by atoms with Gasteiger partial charge in [-0.25, -0.2) is 5.43 Å². The van der Waals surface area contributed by atoms with Crippen LogP contribution in [-0.4, -0.2) is 47.7 Å². The molecular formula is C19H25N5O2. The Labute approximate surface area is 153 Å². The maximum Gasteiger partial charge on any atom is 0.261 e. The van der Waals surface area contributed by atoms with Gasteiger partial charge in [-0.3, -0.25) is 9.48 Å². The number of aryl methyl sites for hydroxylation is 2. The first-order valence-corrected chi connectivity index (χ1v) is 8.80. The summed E-state index contributed by atoms with van der Waals surface area (Å²) in [7, 11) is 0. The lowest BCUT2D eigenvalue weighted by molar-refractivity contribution is -0.121. The highest BCUT2D eigenvalue weighted by molar-refractivity contribution is 5.99. The SMILES string of the molecule is C/C(=N\NC(=O)Cn1nc(C)cc1C)c1ccc(N2CCOCC2)cc1. The predicted octanol–water partition coefficient (Wildman–Crippen LogP) is 1.88. The molecule has 26 heavy (non-hydrogen) atoms. The number of rotatable bonds is 5. The number of aromatic nitrogens is 2. The Balaban J connectivity index is 1.58. The van der Waals surface area contributed by atoms with Gasteiger partial charge in [-0.15, -0.1) is 0 Å². The minimum Gasteiger partial charge on any atom is -0.378 e. The maximum absolute atomic E-state index is 12.1. The molecule has 1 amide bonds. The van der Waals surface area contributed by atoms with Crippen LogP contribution in [0.5, 0.6) is 0 Å². The number of carbonyl (C=O) groups is 1. The van der Waals surface area contributed by atoms with Gasteiger partial charge >= 0.3 is 0 Å². The quantitative estimate of drug-likeness (QED) is 0.657. The van der Waals surface area contributed by atoms with Crippen molar-refractivity contribution in [1.82, 2.24) is 15.2 Å². The van der Waals surface area contributed by atoms with Gasteiger partial charge in [-0.1, -0.05) is 12.1 Å². The molecule has 0 aliphatic carbocycles. The molecule has 0 radical (unpaired) electrons. The van der Waals surface area contributed by atoms with E-state index in [0.29, 0.717) is 0 Å². The molecule has 1 saturated heterocycles. The van der Waals surface area contributed by atoms with E-state index in [4.69, 9.17) is 4.74 Å². The maximum atomic E-state index is 12.1. The summed E-state index contributed by atoms with van der Waals surface area (Å²) in [5, 5.41) is 8.49. The molecule has 1 aliphatic rings. The van der Waals surface area contributed by atoms with Crippen molar-refractivity contribution in [2.75, 3.05) is 31.2 Å². The van der Waals surface area contributed by atoms with Crippen LogP contribution in [0.2, 0.25) is 0 Å². The van der Waals surface area contributed by atoms with Crippen molar-refractivity contribution >= 4 is 17.3 Å². The zero-order chi connectivity index (χ0) is 18.5. The van der Waals surface area contributed by atoms with E-state index in [0.717, 1.165) is 49.0 Å². The van der Waals surface area contributed by atoms with E-state index in [-0.39, 0.29) is 12.5 Å². The molecule has 138 valence electrons. The molecule has 2 aromatic rings. The standard InChI is InChI=1S/C19H25N5O2/c1-14-12-15(2)24(22-14)13-19(25)21-20-16(3)17-4-6-18(7-5-17)23-8-10-26-11-9-23/h4-7,12H,8-11,13H2,1-3H3,(H,21,25)/b20-16+. The number of carbonyl (C=O) groups excluding carboxylic acids is 1. The van der Waals surface area contributed by atoms with Crippen LogP contribution in [0.1, 0.15) is 23.9 Å². The molecule has 7 nitrogen and oxygen atoms in total. The molecule has 0 bridgehead atoms. The fourth-order valence-electron chi connectivity index (χ4n) is 2.95. The van der Waals surface area contributed by atoms with Gasteiger partial charge in [0, 0.05) is 24.5 Å². The average molecular weight is 355 g/mol. The van der Waals surface area contributed by atoms with Gasteiger partial charge in [-0.2, -0.15) is 10.2 Å². The second-order valence-electron chi connectivity index (χ2n) is 6.46. The van der Waals surface area contributed by atoms with Crippen LogP contribution in [0.25, 0.3) is 0 Å². The van der Waals surface area contributed by atoms with Gasteiger partial charge in [0.2, 0.25) is 0 Å². The Morgan fingerprint density at radius 3 is 2.54 bits per heavy atom. The van der Waals surface area contributed by atoms with Crippen molar-refractivity contribution in [3.63, 3.8) is 0 Å². The molecule has 1 aromatic carbocycles. The summed E-state index contributed by atoms with van der Waals surface area (Å²) in [6.07, 6.45) is 0. The molecule has 1 fully saturated rings. The Morgan fingerprint density at radius 2 is 1.92 bits per heavy atom. The fraction of sp³-hybridized carbons (Fsp3) is 0.421. The topological polar surface area (TPSA) is 71.8 Å². The summed E-state index contributed by atoms with van der Waals surface area (Å²) in [6.45, 7) is 9.23. The number of morpholine rings is 1. The van der Waals surface area contributed by atoms with E-state index < -0.39 is 0 Å². The molecule has 0 atom stereocenters. The first-order chi connectivity index (χ1) is 12.5. The summed E-state index contributed by atoms with van der Waals surface area (Å²) in [5.41, 5.74) is 7.38. The largest absolute Gasteiger partial charge is 0.378 e. The molecule has 0 saturated carbocycles. The van der Waals surface area contributed by atoms with Crippen LogP contribution >= 0.6 is 0 Å². The molecule has 1 aromatic heterocycles. The lowest BCUT2D eigenvalue weighted by atomic mass is 10.1. The average Bonchev–Trinajstić information content (AvgIpc) is 2.97. The fourth-order valence-corrected chi connectivity index (χ4v) is 2.95. The third-order valence-corrected chi connectivity index (χ3v) is 4.41.